The molecule has 5 nitrogen and oxygen atoms in total. The summed E-state index contributed by atoms with van der Waals surface area (Å²) in [5, 5.41) is 0. The van der Waals surface area contributed by atoms with E-state index in [0.29, 0.717) is 6.61 Å². The maximum atomic E-state index is 6.22. The molecule has 0 aromatic heterocycles. The summed E-state index contributed by atoms with van der Waals surface area (Å²) in [4.78, 5) is 0. The van der Waals surface area contributed by atoms with Gasteiger partial charge in [-0.15, -0.1) is 0 Å². The average Bonchev–Trinajstić information content (AvgIpc) is 2.52. The summed E-state index contributed by atoms with van der Waals surface area (Å²) < 4.78 is 21.8. The molecule has 2 N–H and O–H groups in total. The van der Waals surface area contributed by atoms with Gasteiger partial charge < -0.3 is 24.7 Å². The van der Waals surface area contributed by atoms with E-state index in [2.05, 4.69) is 0 Å². The van der Waals surface area contributed by atoms with Crippen molar-refractivity contribution in [1.82, 2.24) is 0 Å². The molecule has 1 unspecified atom stereocenters. The molecule has 1 atom stereocenters. The molecular weight excluding hydrogens is 258 g/mol. The third-order valence-corrected chi connectivity index (χ3v) is 3.52. The van der Waals surface area contributed by atoms with Crippen LogP contribution < -0.4 is 15.2 Å². The topological polar surface area (TPSA) is 62.9 Å². The van der Waals surface area contributed by atoms with Crippen molar-refractivity contribution in [2.75, 3.05) is 34.0 Å². The summed E-state index contributed by atoms with van der Waals surface area (Å²) >= 11 is 0. The second-order valence-corrected chi connectivity index (χ2v) is 4.86. The lowest BCUT2D eigenvalue weighted by atomic mass is 10.1. The molecule has 1 saturated heterocycles. The van der Waals surface area contributed by atoms with Gasteiger partial charge in [0, 0.05) is 18.8 Å². The van der Waals surface area contributed by atoms with Crippen molar-refractivity contribution in [3.63, 3.8) is 0 Å². The SMILES string of the molecule is COc1ccc(OC)c(C(N)COC2CCOCC2)c1. The van der Waals surface area contributed by atoms with Crippen molar-refractivity contribution >= 4 is 0 Å². The van der Waals surface area contributed by atoms with E-state index >= 15 is 0 Å². The van der Waals surface area contributed by atoms with Gasteiger partial charge in [0.2, 0.25) is 0 Å². The average molecular weight is 281 g/mol. The lowest BCUT2D eigenvalue weighted by molar-refractivity contribution is -0.0359. The largest absolute Gasteiger partial charge is 0.497 e. The van der Waals surface area contributed by atoms with Crippen LogP contribution >= 0.6 is 0 Å². The van der Waals surface area contributed by atoms with E-state index in [1.165, 1.54) is 0 Å². The van der Waals surface area contributed by atoms with Gasteiger partial charge in [0.05, 0.1) is 33.0 Å². The van der Waals surface area contributed by atoms with Crippen LogP contribution in [0.3, 0.4) is 0 Å². The van der Waals surface area contributed by atoms with Gasteiger partial charge in [-0.05, 0) is 31.0 Å². The molecule has 0 saturated carbocycles. The van der Waals surface area contributed by atoms with Crippen molar-refractivity contribution in [2.24, 2.45) is 5.73 Å². The Morgan fingerprint density at radius 1 is 1.25 bits per heavy atom. The van der Waals surface area contributed by atoms with Gasteiger partial charge in [0.25, 0.3) is 0 Å². The molecule has 1 aliphatic heterocycles. The van der Waals surface area contributed by atoms with Crippen LogP contribution in [0.5, 0.6) is 11.5 Å². The van der Waals surface area contributed by atoms with Crippen LogP contribution in [0.25, 0.3) is 0 Å². The molecule has 1 heterocycles. The van der Waals surface area contributed by atoms with E-state index in [1.807, 2.05) is 18.2 Å². The van der Waals surface area contributed by atoms with Crippen molar-refractivity contribution in [3.05, 3.63) is 23.8 Å². The quantitative estimate of drug-likeness (QED) is 0.863. The third-order valence-electron chi connectivity index (χ3n) is 3.52. The fraction of sp³-hybridized carbons (Fsp3) is 0.600. The first-order valence-electron chi connectivity index (χ1n) is 6.91. The molecule has 1 aliphatic rings. The number of hydrogen-bond donors (Lipinski definition) is 1. The fourth-order valence-electron chi connectivity index (χ4n) is 2.30. The Hall–Kier alpha value is -1.30. The van der Waals surface area contributed by atoms with Gasteiger partial charge in [-0.25, -0.2) is 0 Å². The van der Waals surface area contributed by atoms with Crippen LogP contribution in [0, 0.1) is 0 Å². The van der Waals surface area contributed by atoms with Crippen LogP contribution in [-0.2, 0) is 9.47 Å². The van der Waals surface area contributed by atoms with E-state index in [0.717, 1.165) is 43.1 Å². The Kier molecular flexibility index (Phi) is 5.64. The predicted octanol–water partition coefficient (Wildman–Crippen LogP) is 1.90. The van der Waals surface area contributed by atoms with Gasteiger partial charge in [-0.3, -0.25) is 0 Å². The molecule has 20 heavy (non-hydrogen) atoms. The standard InChI is InChI=1S/C15H23NO4/c1-17-12-3-4-15(18-2)13(9-12)14(16)10-20-11-5-7-19-8-6-11/h3-4,9,11,14H,5-8,10,16H2,1-2H3. The second-order valence-electron chi connectivity index (χ2n) is 4.86. The number of ether oxygens (including phenoxy) is 4. The number of methoxy groups -OCH3 is 2. The summed E-state index contributed by atoms with van der Waals surface area (Å²) in [5.74, 6) is 1.52. The molecule has 0 bridgehead atoms. The minimum atomic E-state index is -0.233. The molecule has 0 amide bonds. The van der Waals surface area contributed by atoms with Gasteiger partial charge in [0.1, 0.15) is 11.5 Å². The van der Waals surface area contributed by atoms with Gasteiger partial charge in [-0.2, -0.15) is 0 Å². The Morgan fingerprint density at radius 3 is 2.65 bits per heavy atom. The first-order chi connectivity index (χ1) is 9.74. The van der Waals surface area contributed by atoms with Crippen LogP contribution in [-0.4, -0.2) is 40.1 Å². The van der Waals surface area contributed by atoms with E-state index in [9.17, 15) is 0 Å². The molecular formula is C15H23NO4. The summed E-state index contributed by atoms with van der Waals surface area (Å²) in [6.07, 6.45) is 2.11. The molecule has 0 spiro atoms. The normalized spacial score (nSPS) is 17.8. The third kappa shape index (κ3) is 3.85. The molecule has 0 aliphatic carbocycles. The zero-order valence-corrected chi connectivity index (χ0v) is 12.1. The number of nitrogens with two attached hydrogens (primary N) is 1. The van der Waals surface area contributed by atoms with Crippen molar-refractivity contribution in [2.45, 2.75) is 25.0 Å². The van der Waals surface area contributed by atoms with Gasteiger partial charge in [-0.1, -0.05) is 0 Å². The van der Waals surface area contributed by atoms with E-state index in [-0.39, 0.29) is 12.1 Å². The van der Waals surface area contributed by atoms with Crippen LogP contribution in [0.1, 0.15) is 24.4 Å². The summed E-state index contributed by atoms with van der Waals surface area (Å²) in [6, 6.07) is 5.39. The lowest BCUT2D eigenvalue weighted by Gasteiger charge is -2.24. The number of rotatable bonds is 6. The Labute approximate surface area is 120 Å². The zero-order chi connectivity index (χ0) is 14.4. The highest BCUT2D eigenvalue weighted by Gasteiger charge is 2.18. The number of hydrogen-bond acceptors (Lipinski definition) is 5. The van der Waals surface area contributed by atoms with Crippen molar-refractivity contribution in [3.8, 4) is 11.5 Å². The molecule has 2 rings (SSSR count). The highest BCUT2D eigenvalue weighted by atomic mass is 16.5. The van der Waals surface area contributed by atoms with Gasteiger partial charge >= 0.3 is 0 Å². The van der Waals surface area contributed by atoms with Crippen LogP contribution in [0.2, 0.25) is 0 Å². The predicted molar refractivity (Wildman–Crippen MR) is 76.3 cm³/mol. The van der Waals surface area contributed by atoms with E-state index < -0.39 is 0 Å². The molecule has 1 aromatic rings. The fourth-order valence-corrected chi connectivity index (χ4v) is 2.30. The first-order valence-corrected chi connectivity index (χ1v) is 6.91. The highest BCUT2D eigenvalue weighted by Crippen LogP contribution is 2.28. The Balaban J connectivity index is 1.98. The molecule has 112 valence electrons. The minimum Gasteiger partial charge on any atom is -0.497 e. The second kappa shape index (κ2) is 7.47. The zero-order valence-electron chi connectivity index (χ0n) is 12.1. The summed E-state index contributed by atoms with van der Waals surface area (Å²) in [6.45, 7) is 2.00. The first kappa shape index (κ1) is 15.1. The molecule has 5 heteroatoms. The smallest absolute Gasteiger partial charge is 0.123 e. The van der Waals surface area contributed by atoms with Crippen molar-refractivity contribution in [1.29, 1.82) is 0 Å². The summed E-state index contributed by atoms with van der Waals surface area (Å²) in [5.41, 5.74) is 7.12. The highest BCUT2D eigenvalue weighted by molar-refractivity contribution is 5.42. The minimum absolute atomic E-state index is 0.233. The van der Waals surface area contributed by atoms with Crippen molar-refractivity contribution < 1.29 is 18.9 Å². The monoisotopic (exact) mass is 281 g/mol. The maximum absolute atomic E-state index is 6.22. The number of benzene rings is 1. The Morgan fingerprint density at radius 2 is 2.00 bits per heavy atom. The lowest BCUT2D eigenvalue weighted by Crippen LogP contribution is -2.27. The van der Waals surface area contributed by atoms with E-state index in [1.54, 1.807) is 14.2 Å². The maximum Gasteiger partial charge on any atom is 0.123 e. The van der Waals surface area contributed by atoms with E-state index in [4.69, 9.17) is 24.7 Å². The van der Waals surface area contributed by atoms with Crippen LogP contribution in [0.15, 0.2) is 18.2 Å². The summed E-state index contributed by atoms with van der Waals surface area (Å²) in [7, 11) is 3.27. The molecule has 0 radical (unpaired) electrons. The van der Waals surface area contributed by atoms with Crippen LogP contribution in [0.4, 0.5) is 0 Å². The Bertz CT molecular complexity index is 418. The molecule has 1 fully saturated rings. The van der Waals surface area contributed by atoms with Gasteiger partial charge in [0.15, 0.2) is 0 Å². The molecule has 1 aromatic carbocycles.